The molecule has 4 rings (SSSR count). The smallest absolute Gasteiger partial charge is 0.0600 e. The van der Waals surface area contributed by atoms with Crippen LogP contribution >= 0.6 is 0 Å². The lowest BCUT2D eigenvalue weighted by molar-refractivity contribution is -0.0760. The molecule has 2 aromatic carbocycles. The second kappa shape index (κ2) is 4.57. The summed E-state index contributed by atoms with van der Waals surface area (Å²) in [5, 5.41) is 6.36. The molecule has 0 aliphatic carbocycles. The van der Waals surface area contributed by atoms with E-state index >= 15 is 0 Å². The molecule has 2 heterocycles. The highest BCUT2D eigenvalue weighted by molar-refractivity contribution is 5.84. The van der Waals surface area contributed by atoms with Crippen molar-refractivity contribution in [3.8, 4) is 0 Å². The number of hydrogen-bond donors (Lipinski definition) is 1. The van der Waals surface area contributed by atoms with Crippen LogP contribution in [0.3, 0.4) is 0 Å². The summed E-state index contributed by atoms with van der Waals surface area (Å²) >= 11 is 0. The van der Waals surface area contributed by atoms with Crippen molar-refractivity contribution in [2.75, 3.05) is 19.8 Å². The maximum Gasteiger partial charge on any atom is 0.0600 e. The fourth-order valence-electron chi connectivity index (χ4n) is 3.72. The van der Waals surface area contributed by atoms with Crippen LogP contribution in [-0.4, -0.2) is 25.8 Å². The van der Waals surface area contributed by atoms with Crippen molar-refractivity contribution in [2.45, 2.75) is 31.2 Å². The van der Waals surface area contributed by atoms with Gasteiger partial charge in [-0.25, -0.2) is 0 Å². The summed E-state index contributed by atoms with van der Waals surface area (Å²) in [4.78, 5) is 0. The standard InChI is InChI=1S/C18H21NO/c1-13-4-5-15-10-16(7-6-14(15)9-13)18(11-20-12-18)17-3-2-8-19-17/h4-7,9-10,17,19H,2-3,8,11-12H2,1H3. The Kier molecular flexibility index (Phi) is 2.83. The lowest BCUT2D eigenvalue weighted by atomic mass is 9.71. The zero-order chi connectivity index (χ0) is 13.6. The minimum Gasteiger partial charge on any atom is -0.379 e. The highest BCUT2D eigenvalue weighted by Crippen LogP contribution is 2.40. The fourth-order valence-corrected chi connectivity index (χ4v) is 3.72. The van der Waals surface area contributed by atoms with Gasteiger partial charge in [0.2, 0.25) is 0 Å². The van der Waals surface area contributed by atoms with Crippen LogP contribution in [0.2, 0.25) is 0 Å². The number of aryl methyl sites for hydroxylation is 1. The van der Waals surface area contributed by atoms with Crippen LogP contribution in [0.5, 0.6) is 0 Å². The van der Waals surface area contributed by atoms with Crippen LogP contribution in [0.15, 0.2) is 36.4 Å². The van der Waals surface area contributed by atoms with Crippen LogP contribution in [-0.2, 0) is 10.2 Å². The van der Waals surface area contributed by atoms with E-state index in [-0.39, 0.29) is 5.41 Å². The molecule has 104 valence electrons. The van der Waals surface area contributed by atoms with Crippen molar-refractivity contribution in [3.05, 3.63) is 47.5 Å². The molecule has 0 amide bonds. The third-order valence-corrected chi connectivity index (χ3v) is 5.02. The molecule has 0 aromatic heterocycles. The highest BCUT2D eigenvalue weighted by atomic mass is 16.5. The first-order valence-corrected chi connectivity index (χ1v) is 7.60. The molecule has 1 N–H and O–H groups in total. The largest absolute Gasteiger partial charge is 0.379 e. The predicted octanol–water partition coefficient (Wildman–Crippen LogP) is 3.17. The van der Waals surface area contributed by atoms with Crippen LogP contribution in [0.4, 0.5) is 0 Å². The summed E-state index contributed by atoms with van der Waals surface area (Å²) in [6.07, 6.45) is 2.56. The summed E-state index contributed by atoms with van der Waals surface area (Å²) in [6.45, 7) is 5.03. The molecule has 1 unspecified atom stereocenters. The zero-order valence-corrected chi connectivity index (χ0v) is 12.0. The van der Waals surface area contributed by atoms with Gasteiger partial charge in [-0.1, -0.05) is 42.0 Å². The molecule has 0 spiro atoms. The van der Waals surface area contributed by atoms with E-state index in [0.717, 1.165) is 19.8 Å². The number of fused-ring (bicyclic) bond motifs is 1. The number of rotatable bonds is 2. The quantitative estimate of drug-likeness (QED) is 0.902. The molecule has 20 heavy (non-hydrogen) atoms. The van der Waals surface area contributed by atoms with Crippen LogP contribution < -0.4 is 5.32 Å². The lowest BCUT2D eigenvalue weighted by Gasteiger charge is -2.46. The Balaban J connectivity index is 1.78. The van der Waals surface area contributed by atoms with E-state index in [1.165, 1.54) is 34.7 Å². The average Bonchev–Trinajstić information content (AvgIpc) is 2.92. The van der Waals surface area contributed by atoms with Gasteiger partial charge in [0.05, 0.1) is 18.6 Å². The second-order valence-electron chi connectivity index (χ2n) is 6.36. The molecule has 1 atom stereocenters. The Hall–Kier alpha value is -1.38. The van der Waals surface area contributed by atoms with E-state index in [0.29, 0.717) is 6.04 Å². The van der Waals surface area contributed by atoms with Gasteiger partial charge in [0.1, 0.15) is 0 Å². The molecule has 0 saturated carbocycles. The van der Waals surface area contributed by atoms with Crippen molar-refractivity contribution in [1.29, 1.82) is 0 Å². The summed E-state index contributed by atoms with van der Waals surface area (Å²) < 4.78 is 5.60. The first kappa shape index (κ1) is 12.4. The monoisotopic (exact) mass is 267 g/mol. The van der Waals surface area contributed by atoms with Gasteiger partial charge < -0.3 is 10.1 Å². The Morgan fingerprint density at radius 2 is 1.90 bits per heavy atom. The van der Waals surface area contributed by atoms with E-state index in [1.807, 2.05) is 0 Å². The third kappa shape index (κ3) is 1.79. The summed E-state index contributed by atoms with van der Waals surface area (Å²) in [6, 6.07) is 14.2. The van der Waals surface area contributed by atoms with Crippen LogP contribution in [0, 0.1) is 6.92 Å². The van der Waals surface area contributed by atoms with Crippen molar-refractivity contribution in [3.63, 3.8) is 0 Å². The Morgan fingerprint density at radius 1 is 1.10 bits per heavy atom. The van der Waals surface area contributed by atoms with Crippen molar-refractivity contribution in [2.24, 2.45) is 0 Å². The average molecular weight is 267 g/mol. The van der Waals surface area contributed by atoms with Crippen molar-refractivity contribution < 1.29 is 4.74 Å². The second-order valence-corrected chi connectivity index (χ2v) is 6.36. The van der Waals surface area contributed by atoms with Gasteiger partial charge in [0.15, 0.2) is 0 Å². The summed E-state index contributed by atoms with van der Waals surface area (Å²) in [7, 11) is 0. The van der Waals surface area contributed by atoms with Crippen molar-refractivity contribution >= 4 is 10.8 Å². The molecule has 2 saturated heterocycles. The number of ether oxygens (including phenoxy) is 1. The summed E-state index contributed by atoms with van der Waals surface area (Å²) in [5.74, 6) is 0. The van der Waals surface area contributed by atoms with Gasteiger partial charge >= 0.3 is 0 Å². The number of nitrogens with one attached hydrogen (secondary N) is 1. The van der Waals surface area contributed by atoms with Gasteiger partial charge in [0.25, 0.3) is 0 Å². The zero-order valence-electron chi connectivity index (χ0n) is 12.0. The van der Waals surface area contributed by atoms with Gasteiger partial charge in [-0.2, -0.15) is 0 Å². The summed E-state index contributed by atoms with van der Waals surface area (Å²) in [5.41, 5.74) is 2.97. The molecule has 2 aliphatic heterocycles. The molecule has 2 aromatic rings. The maximum atomic E-state index is 5.60. The Morgan fingerprint density at radius 3 is 2.60 bits per heavy atom. The minimum atomic E-state index is 0.204. The van der Waals surface area contributed by atoms with E-state index in [1.54, 1.807) is 0 Å². The van der Waals surface area contributed by atoms with Gasteiger partial charge in [-0.15, -0.1) is 0 Å². The van der Waals surface area contributed by atoms with Crippen LogP contribution in [0.1, 0.15) is 24.0 Å². The third-order valence-electron chi connectivity index (χ3n) is 5.02. The Labute approximate surface area is 120 Å². The van der Waals surface area contributed by atoms with Gasteiger partial charge in [-0.3, -0.25) is 0 Å². The number of hydrogen-bond acceptors (Lipinski definition) is 2. The molecule has 2 fully saturated rings. The van der Waals surface area contributed by atoms with Gasteiger partial charge in [-0.05, 0) is 42.6 Å². The maximum absolute atomic E-state index is 5.60. The SMILES string of the molecule is Cc1ccc2cc(C3(C4CCCN4)COC3)ccc2c1. The van der Waals surface area contributed by atoms with E-state index < -0.39 is 0 Å². The van der Waals surface area contributed by atoms with E-state index in [9.17, 15) is 0 Å². The molecule has 0 radical (unpaired) electrons. The molecule has 2 nitrogen and oxygen atoms in total. The fraction of sp³-hybridized carbons (Fsp3) is 0.444. The van der Waals surface area contributed by atoms with Gasteiger partial charge in [0, 0.05) is 6.04 Å². The molecular formula is C18H21NO. The topological polar surface area (TPSA) is 21.3 Å². The van der Waals surface area contributed by atoms with E-state index in [2.05, 4.69) is 48.6 Å². The van der Waals surface area contributed by atoms with Crippen LogP contribution in [0.25, 0.3) is 10.8 Å². The van der Waals surface area contributed by atoms with E-state index in [4.69, 9.17) is 4.74 Å². The number of benzene rings is 2. The van der Waals surface area contributed by atoms with Crippen molar-refractivity contribution in [1.82, 2.24) is 5.32 Å². The normalized spacial score (nSPS) is 24.8. The minimum absolute atomic E-state index is 0.204. The lowest BCUT2D eigenvalue weighted by Crippen LogP contribution is -2.58. The molecule has 2 aliphatic rings. The Bertz CT molecular complexity index is 639. The molecule has 0 bridgehead atoms. The first-order valence-electron chi connectivity index (χ1n) is 7.60. The highest BCUT2D eigenvalue weighted by Gasteiger charge is 2.47. The molecular weight excluding hydrogens is 246 g/mol. The first-order chi connectivity index (χ1) is 9.78. The molecule has 2 heteroatoms. The predicted molar refractivity (Wildman–Crippen MR) is 82.2 cm³/mol.